The number of benzene rings is 2. The molecule has 0 amide bonds. The van der Waals surface area contributed by atoms with E-state index in [1.165, 1.54) is 8.61 Å². The highest BCUT2D eigenvalue weighted by Gasteiger charge is 2.39. The summed E-state index contributed by atoms with van der Waals surface area (Å²) in [4.78, 5) is 0.355. The number of hydrogen-bond acceptors (Lipinski definition) is 4. The summed E-state index contributed by atoms with van der Waals surface area (Å²) in [6.07, 6.45) is 0. The summed E-state index contributed by atoms with van der Waals surface area (Å²) >= 11 is 0. The molecule has 1 fully saturated rings. The maximum absolute atomic E-state index is 13.0. The molecule has 1 aliphatic heterocycles. The molecule has 150 valence electrons. The molecule has 1 aliphatic rings. The molecule has 1 saturated heterocycles. The van der Waals surface area contributed by atoms with Crippen LogP contribution in [0.4, 0.5) is 0 Å². The zero-order chi connectivity index (χ0) is 20.7. The third kappa shape index (κ3) is 3.72. The molecule has 0 aromatic heterocycles. The van der Waals surface area contributed by atoms with Gasteiger partial charge in [0.1, 0.15) is 0 Å². The quantitative estimate of drug-likeness (QED) is 0.762. The van der Waals surface area contributed by atoms with Gasteiger partial charge in [-0.2, -0.15) is 4.31 Å². The van der Waals surface area contributed by atoms with Crippen molar-refractivity contribution in [2.75, 3.05) is 13.1 Å². The summed E-state index contributed by atoms with van der Waals surface area (Å²) in [5.74, 6) is 0. The van der Waals surface area contributed by atoms with Crippen molar-refractivity contribution in [3.63, 3.8) is 0 Å². The second-order valence-corrected chi connectivity index (χ2v) is 10.9. The lowest BCUT2D eigenvalue weighted by atomic mass is 10.2. The molecule has 0 radical (unpaired) electrons. The van der Waals surface area contributed by atoms with E-state index in [2.05, 4.69) is 6.58 Å². The Morgan fingerprint density at radius 1 is 0.821 bits per heavy atom. The van der Waals surface area contributed by atoms with Crippen molar-refractivity contribution >= 4 is 20.0 Å². The molecular weight excluding hydrogens is 396 g/mol. The first-order valence-corrected chi connectivity index (χ1v) is 11.8. The van der Waals surface area contributed by atoms with Crippen molar-refractivity contribution in [1.82, 2.24) is 8.61 Å². The Morgan fingerprint density at radius 3 is 1.71 bits per heavy atom. The van der Waals surface area contributed by atoms with Crippen LogP contribution in [0.2, 0.25) is 0 Å². The Balaban J connectivity index is 1.89. The van der Waals surface area contributed by atoms with Gasteiger partial charge in [-0.25, -0.2) is 16.8 Å². The highest BCUT2D eigenvalue weighted by Crippen LogP contribution is 2.29. The Bertz CT molecular complexity index is 1090. The van der Waals surface area contributed by atoms with Crippen molar-refractivity contribution in [2.45, 2.75) is 36.6 Å². The number of aryl methyl sites for hydroxylation is 2. The van der Waals surface area contributed by atoms with Gasteiger partial charge in [-0.15, -0.1) is 0 Å². The van der Waals surface area contributed by atoms with Gasteiger partial charge in [0.25, 0.3) is 10.0 Å². The summed E-state index contributed by atoms with van der Waals surface area (Å²) in [5.41, 5.74) is 2.15. The first-order chi connectivity index (χ1) is 13.0. The van der Waals surface area contributed by atoms with Crippen LogP contribution >= 0.6 is 0 Å². The Hall–Kier alpha value is -2.16. The molecule has 1 heterocycles. The minimum atomic E-state index is -3.79. The van der Waals surface area contributed by atoms with E-state index in [4.69, 9.17) is 0 Å². The molecule has 28 heavy (non-hydrogen) atoms. The van der Waals surface area contributed by atoms with Crippen molar-refractivity contribution in [2.24, 2.45) is 0 Å². The van der Waals surface area contributed by atoms with E-state index in [0.717, 1.165) is 11.1 Å². The largest absolute Gasteiger partial charge is 0.268 e. The van der Waals surface area contributed by atoms with Crippen LogP contribution in [-0.2, 0) is 20.0 Å². The van der Waals surface area contributed by atoms with Gasteiger partial charge in [0.2, 0.25) is 10.0 Å². The van der Waals surface area contributed by atoms with Gasteiger partial charge >= 0.3 is 0 Å². The Kier molecular flexibility index (Phi) is 5.40. The van der Waals surface area contributed by atoms with Crippen LogP contribution in [0, 0.1) is 13.8 Å². The number of piperazine rings is 1. The molecule has 2 aromatic carbocycles. The monoisotopic (exact) mass is 420 g/mol. The molecule has 0 spiro atoms. The zero-order valence-electron chi connectivity index (χ0n) is 16.2. The number of nitrogens with zero attached hydrogens (tertiary/aromatic N) is 2. The van der Waals surface area contributed by atoms with E-state index in [-0.39, 0.29) is 28.6 Å². The van der Waals surface area contributed by atoms with Crippen LogP contribution in [0.5, 0.6) is 0 Å². The molecule has 0 unspecified atom stereocenters. The second kappa shape index (κ2) is 7.35. The second-order valence-electron chi connectivity index (χ2n) is 7.13. The third-order valence-electron chi connectivity index (χ3n) is 4.85. The highest BCUT2D eigenvalue weighted by atomic mass is 32.2. The smallest absolute Gasteiger partial charge is 0.264 e. The van der Waals surface area contributed by atoms with Crippen LogP contribution < -0.4 is 0 Å². The molecule has 1 atom stereocenters. The maximum atomic E-state index is 13.0. The van der Waals surface area contributed by atoms with E-state index in [1.807, 2.05) is 13.8 Å². The van der Waals surface area contributed by atoms with Crippen LogP contribution in [-0.4, -0.2) is 44.6 Å². The van der Waals surface area contributed by atoms with E-state index in [1.54, 1.807) is 55.5 Å². The number of sulfonamides is 2. The fourth-order valence-electron chi connectivity index (χ4n) is 3.15. The van der Waals surface area contributed by atoms with Crippen molar-refractivity contribution < 1.29 is 16.8 Å². The summed E-state index contributed by atoms with van der Waals surface area (Å²) < 4.78 is 54.6. The van der Waals surface area contributed by atoms with Crippen LogP contribution in [0.15, 0.2) is 70.6 Å². The lowest BCUT2D eigenvalue weighted by molar-refractivity contribution is 0.253. The van der Waals surface area contributed by atoms with E-state index in [0.29, 0.717) is 0 Å². The molecule has 0 saturated carbocycles. The Labute approximate surface area is 167 Å². The molecule has 3 rings (SSSR count). The Morgan fingerprint density at radius 2 is 1.25 bits per heavy atom. The molecule has 8 heteroatoms. The number of rotatable bonds is 4. The van der Waals surface area contributed by atoms with Gasteiger partial charge in [0.05, 0.1) is 22.9 Å². The van der Waals surface area contributed by atoms with Gasteiger partial charge in [0, 0.05) is 11.7 Å². The van der Waals surface area contributed by atoms with Gasteiger partial charge in [-0.05, 0) is 45.0 Å². The molecule has 2 aromatic rings. The van der Waals surface area contributed by atoms with E-state index < -0.39 is 26.1 Å². The molecule has 6 nitrogen and oxygen atoms in total. The average molecular weight is 421 g/mol. The van der Waals surface area contributed by atoms with Crippen LogP contribution in [0.1, 0.15) is 18.1 Å². The first-order valence-electron chi connectivity index (χ1n) is 8.89. The van der Waals surface area contributed by atoms with Gasteiger partial charge in [0.15, 0.2) is 0 Å². The van der Waals surface area contributed by atoms with Gasteiger partial charge in [-0.1, -0.05) is 42.0 Å². The normalized spacial score (nSPS) is 19.0. The lowest BCUT2D eigenvalue weighted by Crippen LogP contribution is -2.53. The van der Waals surface area contributed by atoms with Crippen LogP contribution in [0.3, 0.4) is 0 Å². The summed E-state index contributed by atoms with van der Waals surface area (Å²) in [6, 6.07) is 12.7. The zero-order valence-corrected chi connectivity index (χ0v) is 17.8. The van der Waals surface area contributed by atoms with Crippen molar-refractivity contribution in [3.8, 4) is 0 Å². The molecule has 0 aliphatic carbocycles. The standard InChI is InChI=1S/C20H24N2O4S2/c1-15-5-9-19(10-6-15)27(23,24)21-13-18(4)22(14-17(21)3)28(25,26)20-11-7-16(2)8-12-20/h5-12,18H,3,13-14H2,1-2,4H3/t18-/m1/s1. The highest BCUT2D eigenvalue weighted by molar-refractivity contribution is 7.89. The van der Waals surface area contributed by atoms with Gasteiger partial charge in [-0.3, -0.25) is 4.31 Å². The molecular formula is C20H24N2O4S2. The number of hydrogen-bond donors (Lipinski definition) is 0. The molecule has 0 N–H and O–H groups in total. The summed E-state index contributed by atoms with van der Waals surface area (Å²) in [7, 11) is -7.54. The topological polar surface area (TPSA) is 74.8 Å². The summed E-state index contributed by atoms with van der Waals surface area (Å²) in [5, 5.41) is 0. The van der Waals surface area contributed by atoms with Crippen LogP contribution in [0.25, 0.3) is 0 Å². The fraction of sp³-hybridized carbons (Fsp3) is 0.300. The lowest BCUT2D eigenvalue weighted by Gasteiger charge is -2.40. The first kappa shape index (κ1) is 20.6. The summed E-state index contributed by atoms with van der Waals surface area (Å²) in [6.45, 7) is 9.25. The fourth-order valence-corrected chi connectivity index (χ4v) is 6.30. The van der Waals surface area contributed by atoms with E-state index >= 15 is 0 Å². The SMILES string of the molecule is C=C1CN(S(=O)(=O)c2ccc(C)cc2)[C@H](C)CN1S(=O)(=O)c1ccc(C)cc1. The van der Waals surface area contributed by atoms with E-state index in [9.17, 15) is 16.8 Å². The third-order valence-corrected chi connectivity index (χ3v) is 8.68. The average Bonchev–Trinajstić information content (AvgIpc) is 2.63. The minimum Gasteiger partial charge on any atom is -0.268 e. The molecule has 0 bridgehead atoms. The minimum absolute atomic E-state index is 0.0140. The van der Waals surface area contributed by atoms with Crippen molar-refractivity contribution in [3.05, 3.63) is 71.9 Å². The predicted molar refractivity (Wildman–Crippen MR) is 109 cm³/mol. The maximum Gasteiger partial charge on any atom is 0.264 e. The van der Waals surface area contributed by atoms with Gasteiger partial charge < -0.3 is 0 Å². The van der Waals surface area contributed by atoms with Crippen molar-refractivity contribution in [1.29, 1.82) is 0 Å². The predicted octanol–water partition coefficient (Wildman–Crippen LogP) is 2.90.